The number of hydrogen-bond donors (Lipinski definition) is 0. The van der Waals surface area contributed by atoms with E-state index in [2.05, 4.69) is 10.2 Å². The van der Waals surface area contributed by atoms with Crippen molar-refractivity contribution in [1.82, 2.24) is 15.1 Å². The molecule has 0 unspecified atom stereocenters. The van der Waals surface area contributed by atoms with Crippen LogP contribution in [0.4, 0.5) is 17.4 Å². The summed E-state index contributed by atoms with van der Waals surface area (Å²) in [5.74, 6) is -0.0416. The molecule has 0 atom stereocenters. The van der Waals surface area contributed by atoms with Crippen LogP contribution >= 0.6 is 0 Å². The van der Waals surface area contributed by atoms with Gasteiger partial charge in [0.05, 0.1) is 18.0 Å². The van der Waals surface area contributed by atoms with E-state index in [0.717, 1.165) is 11.5 Å². The number of carbonyl (C=O) groups is 1. The molecule has 0 bridgehead atoms. The Labute approximate surface area is 143 Å². The van der Waals surface area contributed by atoms with E-state index in [1.807, 2.05) is 30.0 Å². The van der Waals surface area contributed by atoms with Crippen molar-refractivity contribution in [2.24, 2.45) is 0 Å². The predicted octanol–water partition coefficient (Wildman–Crippen LogP) is 1.01. The molecule has 3 rings (SSSR count). The van der Waals surface area contributed by atoms with Crippen molar-refractivity contribution in [2.45, 2.75) is 0 Å². The van der Waals surface area contributed by atoms with E-state index >= 15 is 0 Å². The molecule has 1 amide bonds. The number of nitrogens with zero attached hydrogens (tertiary/aromatic N) is 6. The van der Waals surface area contributed by atoms with E-state index in [1.54, 1.807) is 11.1 Å². The summed E-state index contributed by atoms with van der Waals surface area (Å²) in [5.41, 5.74) is 0.950. The Bertz CT molecular complexity index is 782. The quantitative estimate of drug-likeness (QED) is 0.596. The summed E-state index contributed by atoms with van der Waals surface area (Å²) in [6.45, 7) is 2.14. The van der Waals surface area contributed by atoms with Crippen LogP contribution in [-0.4, -0.2) is 66.2 Å². The average molecular weight is 346 g/mol. The molecule has 2 aromatic heterocycles. The molecule has 1 saturated heterocycles. The summed E-state index contributed by atoms with van der Waals surface area (Å²) in [7, 11) is 3.86. The first kappa shape index (κ1) is 16.7. The van der Waals surface area contributed by atoms with Gasteiger partial charge >= 0.3 is 5.88 Å². The SMILES string of the molecule is CN(C)c1cnnc(N2CCN(C(=O)c3ccc([N+](=O)[O-])o3)CC2)c1. The summed E-state index contributed by atoms with van der Waals surface area (Å²) in [6, 6.07) is 4.46. The fourth-order valence-electron chi connectivity index (χ4n) is 2.58. The van der Waals surface area contributed by atoms with Crippen molar-refractivity contribution < 1.29 is 14.1 Å². The normalized spacial score (nSPS) is 14.5. The van der Waals surface area contributed by atoms with Crippen LogP contribution < -0.4 is 9.80 Å². The summed E-state index contributed by atoms with van der Waals surface area (Å²) in [4.78, 5) is 28.0. The Hall–Kier alpha value is -3.17. The highest BCUT2D eigenvalue weighted by Crippen LogP contribution is 2.21. The number of piperazine rings is 1. The van der Waals surface area contributed by atoms with Gasteiger partial charge in [0.15, 0.2) is 11.6 Å². The molecule has 25 heavy (non-hydrogen) atoms. The number of anilines is 2. The molecule has 0 spiro atoms. The van der Waals surface area contributed by atoms with Crippen molar-refractivity contribution in [3.05, 3.63) is 40.3 Å². The molecule has 10 heteroatoms. The standard InChI is InChI=1S/C15H18N6O4/c1-18(2)11-9-13(17-16-10-11)19-5-7-20(8-6-19)15(22)12-3-4-14(25-12)21(23)24/h3-4,9-10H,5-8H2,1-2H3. The molecule has 1 aliphatic heterocycles. The first-order chi connectivity index (χ1) is 12.0. The van der Waals surface area contributed by atoms with Crippen LogP contribution in [0.5, 0.6) is 0 Å². The van der Waals surface area contributed by atoms with Crippen LogP contribution in [0.3, 0.4) is 0 Å². The number of amides is 1. The second kappa shape index (κ2) is 6.75. The van der Waals surface area contributed by atoms with Gasteiger partial charge in [-0.05, 0) is 6.07 Å². The van der Waals surface area contributed by atoms with Crippen molar-refractivity contribution >= 4 is 23.3 Å². The average Bonchev–Trinajstić information content (AvgIpc) is 3.12. The first-order valence-electron chi connectivity index (χ1n) is 7.74. The predicted molar refractivity (Wildman–Crippen MR) is 89.8 cm³/mol. The summed E-state index contributed by atoms with van der Waals surface area (Å²) in [5, 5.41) is 18.8. The summed E-state index contributed by atoms with van der Waals surface area (Å²) >= 11 is 0. The van der Waals surface area contributed by atoms with Crippen molar-refractivity contribution in [1.29, 1.82) is 0 Å². The third-order valence-electron chi connectivity index (χ3n) is 4.02. The third kappa shape index (κ3) is 3.52. The molecular weight excluding hydrogens is 328 g/mol. The zero-order valence-electron chi connectivity index (χ0n) is 14.0. The maximum absolute atomic E-state index is 12.4. The topological polar surface area (TPSA) is 109 Å². The lowest BCUT2D eigenvalue weighted by atomic mass is 10.2. The zero-order valence-corrected chi connectivity index (χ0v) is 14.0. The number of rotatable bonds is 4. The van der Waals surface area contributed by atoms with Crippen LogP contribution in [0.1, 0.15) is 10.6 Å². The number of nitro groups is 1. The molecule has 0 saturated carbocycles. The largest absolute Gasteiger partial charge is 0.433 e. The molecule has 3 heterocycles. The van der Waals surface area contributed by atoms with E-state index in [9.17, 15) is 14.9 Å². The number of aromatic nitrogens is 2. The number of carbonyl (C=O) groups excluding carboxylic acids is 1. The van der Waals surface area contributed by atoms with Gasteiger partial charge in [-0.1, -0.05) is 0 Å². The minimum absolute atomic E-state index is 0.0189. The Morgan fingerprint density at radius 3 is 2.60 bits per heavy atom. The molecule has 2 aromatic rings. The molecule has 1 fully saturated rings. The van der Waals surface area contributed by atoms with Gasteiger partial charge in [0.25, 0.3) is 5.91 Å². The van der Waals surface area contributed by atoms with Gasteiger partial charge in [0.2, 0.25) is 0 Å². The van der Waals surface area contributed by atoms with Gasteiger partial charge in [-0.15, -0.1) is 5.10 Å². The van der Waals surface area contributed by atoms with Crippen LogP contribution in [-0.2, 0) is 0 Å². The van der Waals surface area contributed by atoms with E-state index in [-0.39, 0.29) is 11.7 Å². The highest BCUT2D eigenvalue weighted by Gasteiger charge is 2.26. The van der Waals surface area contributed by atoms with Crippen molar-refractivity contribution in [3.8, 4) is 0 Å². The van der Waals surface area contributed by atoms with Crippen LogP contribution in [0.25, 0.3) is 0 Å². The molecule has 0 N–H and O–H groups in total. The molecule has 1 aliphatic rings. The van der Waals surface area contributed by atoms with E-state index in [0.29, 0.717) is 26.2 Å². The van der Waals surface area contributed by atoms with Gasteiger partial charge in [0, 0.05) is 46.3 Å². The van der Waals surface area contributed by atoms with Gasteiger partial charge in [-0.3, -0.25) is 14.9 Å². The Kier molecular flexibility index (Phi) is 4.50. The minimum atomic E-state index is -0.662. The van der Waals surface area contributed by atoms with Crippen LogP contribution in [0.2, 0.25) is 0 Å². The molecule has 10 nitrogen and oxygen atoms in total. The summed E-state index contributed by atoms with van der Waals surface area (Å²) in [6.07, 6.45) is 1.69. The van der Waals surface area contributed by atoms with Gasteiger partial charge in [-0.25, -0.2) is 0 Å². The Morgan fingerprint density at radius 2 is 2.00 bits per heavy atom. The lowest BCUT2D eigenvalue weighted by molar-refractivity contribution is -0.402. The van der Waals surface area contributed by atoms with E-state index < -0.39 is 10.8 Å². The maximum Gasteiger partial charge on any atom is 0.433 e. The molecule has 0 radical (unpaired) electrons. The maximum atomic E-state index is 12.4. The van der Waals surface area contributed by atoms with Crippen molar-refractivity contribution in [3.63, 3.8) is 0 Å². The second-order valence-electron chi connectivity index (χ2n) is 5.84. The lowest BCUT2D eigenvalue weighted by Gasteiger charge is -2.34. The monoisotopic (exact) mass is 346 g/mol. The molecular formula is C15H18N6O4. The molecule has 0 aromatic carbocycles. The lowest BCUT2D eigenvalue weighted by Crippen LogP contribution is -2.49. The molecule has 132 valence electrons. The second-order valence-corrected chi connectivity index (χ2v) is 5.84. The summed E-state index contributed by atoms with van der Waals surface area (Å²) < 4.78 is 4.98. The van der Waals surface area contributed by atoms with Gasteiger partial charge < -0.3 is 19.1 Å². The minimum Gasteiger partial charge on any atom is -0.395 e. The Balaban J connectivity index is 1.64. The number of hydrogen-bond acceptors (Lipinski definition) is 8. The van der Waals surface area contributed by atoms with Crippen molar-refractivity contribution in [2.75, 3.05) is 50.1 Å². The van der Waals surface area contributed by atoms with Crippen LogP contribution in [0, 0.1) is 10.1 Å². The first-order valence-corrected chi connectivity index (χ1v) is 7.74. The fraction of sp³-hybridized carbons (Fsp3) is 0.400. The smallest absolute Gasteiger partial charge is 0.395 e. The molecule has 0 aliphatic carbocycles. The zero-order chi connectivity index (χ0) is 18.0. The van der Waals surface area contributed by atoms with Crippen LogP contribution in [0.15, 0.2) is 28.8 Å². The van der Waals surface area contributed by atoms with Gasteiger partial charge in [0.1, 0.15) is 4.92 Å². The number of furan rings is 1. The van der Waals surface area contributed by atoms with E-state index in [1.165, 1.54) is 12.1 Å². The highest BCUT2D eigenvalue weighted by molar-refractivity contribution is 5.92. The van der Waals surface area contributed by atoms with Gasteiger partial charge in [-0.2, -0.15) is 5.10 Å². The van der Waals surface area contributed by atoms with E-state index in [4.69, 9.17) is 4.42 Å². The Morgan fingerprint density at radius 1 is 1.28 bits per heavy atom. The highest BCUT2D eigenvalue weighted by atomic mass is 16.6. The third-order valence-corrected chi connectivity index (χ3v) is 4.02. The fourth-order valence-corrected chi connectivity index (χ4v) is 2.58.